The van der Waals surface area contributed by atoms with Crippen molar-refractivity contribution in [1.82, 2.24) is 5.16 Å². The number of benzene rings is 2. The number of hydrogen-bond donors (Lipinski definition) is 0. The molecule has 0 amide bonds. The average molecular weight is 253 g/mol. The van der Waals surface area contributed by atoms with Crippen molar-refractivity contribution < 1.29 is 9.26 Å². The van der Waals surface area contributed by atoms with Crippen LogP contribution in [-0.2, 0) is 0 Å². The highest BCUT2D eigenvalue weighted by Crippen LogP contribution is 2.34. The third kappa shape index (κ3) is 2.19. The van der Waals surface area contributed by atoms with Gasteiger partial charge in [0.1, 0.15) is 0 Å². The molecule has 3 aromatic rings. The smallest absolute Gasteiger partial charge is 0.319 e. The standard InChI is InChI=1S/C16H15NO2/c1-2-10-18-16-15(11-17-19-16)14-9-5-7-12-6-3-4-8-13(12)14/h3-9,11H,2,10H2,1H3. The first-order chi connectivity index (χ1) is 9.40. The van der Waals surface area contributed by atoms with Gasteiger partial charge in [-0.3, -0.25) is 0 Å². The second-order valence-electron chi connectivity index (χ2n) is 4.40. The average Bonchev–Trinajstić information content (AvgIpc) is 2.92. The molecule has 0 fully saturated rings. The minimum Gasteiger partial charge on any atom is -0.463 e. The van der Waals surface area contributed by atoms with Gasteiger partial charge in [0.25, 0.3) is 0 Å². The first kappa shape index (κ1) is 11.8. The van der Waals surface area contributed by atoms with E-state index in [9.17, 15) is 0 Å². The number of hydrogen-bond acceptors (Lipinski definition) is 3. The summed E-state index contributed by atoms with van der Waals surface area (Å²) in [6.45, 7) is 2.70. The van der Waals surface area contributed by atoms with E-state index in [4.69, 9.17) is 9.26 Å². The first-order valence-electron chi connectivity index (χ1n) is 6.45. The summed E-state index contributed by atoms with van der Waals surface area (Å²) in [5.74, 6) is 0.498. The van der Waals surface area contributed by atoms with Gasteiger partial charge in [-0.1, -0.05) is 54.5 Å². The van der Waals surface area contributed by atoms with Gasteiger partial charge in [0, 0.05) is 0 Å². The molecule has 0 saturated heterocycles. The van der Waals surface area contributed by atoms with Crippen LogP contribution in [0.5, 0.6) is 5.95 Å². The van der Waals surface area contributed by atoms with Gasteiger partial charge < -0.3 is 9.26 Å². The molecule has 0 atom stereocenters. The third-order valence-corrected chi connectivity index (χ3v) is 3.05. The Morgan fingerprint density at radius 1 is 1.05 bits per heavy atom. The topological polar surface area (TPSA) is 35.3 Å². The molecule has 0 spiro atoms. The minimum atomic E-state index is 0.498. The van der Waals surface area contributed by atoms with Crippen molar-refractivity contribution in [2.45, 2.75) is 13.3 Å². The maximum atomic E-state index is 5.60. The van der Waals surface area contributed by atoms with Crippen LogP contribution in [0.1, 0.15) is 13.3 Å². The van der Waals surface area contributed by atoms with Crippen LogP contribution in [-0.4, -0.2) is 11.8 Å². The first-order valence-corrected chi connectivity index (χ1v) is 6.45. The molecule has 0 aliphatic heterocycles. The van der Waals surface area contributed by atoms with Gasteiger partial charge in [-0.25, -0.2) is 0 Å². The van der Waals surface area contributed by atoms with Crippen molar-refractivity contribution in [3.8, 4) is 17.1 Å². The summed E-state index contributed by atoms with van der Waals surface area (Å²) in [4.78, 5) is 0. The van der Waals surface area contributed by atoms with E-state index >= 15 is 0 Å². The van der Waals surface area contributed by atoms with Gasteiger partial charge in [0.2, 0.25) is 0 Å². The van der Waals surface area contributed by atoms with E-state index in [1.54, 1.807) is 6.20 Å². The Labute approximate surface area is 111 Å². The van der Waals surface area contributed by atoms with E-state index < -0.39 is 0 Å². The van der Waals surface area contributed by atoms with Crippen LogP contribution in [0.3, 0.4) is 0 Å². The number of rotatable bonds is 4. The van der Waals surface area contributed by atoms with E-state index in [1.165, 1.54) is 10.8 Å². The molecule has 0 aliphatic rings. The minimum absolute atomic E-state index is 0.498. The van der Waals surface area contributed by atoms with Gasteiger partial charge in [-0.05, 0) is 22.8 Å². The molecular weight excluding hydrogens is 238 g/mol. The number of fused-ring (bicyclic) bond motifs is 1. The van der Waals surface area contributed by atoms with E-state index in [2.05, 4.69) is 36.3 Å². The normalized spacial score (nSPS) is 10.8. The van der Waals surface area contributed by atoms with Crippen LogP contribution in [0.4, 0.5) is 0 Å². The molecular formula is C16H15NO2. The summed E-state index contributed by atoms with van der Waals surface area (Å²) >= 11 is 0. The molecule has 0 radical (unpaired) electrons. The molecule has 3 nitrogen and oxygen atoms in total. The quantitative estimate of drug-likeness (QED) is 0.696. The zero-order chi connectivity index (χ0) is 13.1. The molecule has 3 rings (SSSR count). The monoisotopic (exact) mass is 253 g/mol. The summed E-state index contributed by atoms with van der Waals surface area (Å²) in [6, 6.07) is 14.5. The van der Waals surface area contributed by atoms with Gasteiger partial charge >= 0.3 is 5.95 Å². The van der Waals surface area contributed by atoms with Crippen LogP contribution < -0.4 is 4.74 Å². The fourth-order valence-electron chi connectivity index (χ4n) is 2.17. The molecule has 0 N–H and O–H groups in total. The Balaban J connectivity index is 2.12. The molecule has 96 valence electrons. The zero-order valence-electron chi connectivity index (χ0n) is 10.8. The fourth-order valence-corrected chi connectivity index (χ4v) is 2.17. The van der Waals surface area contributed by atoms with Gasteiger partial charge in [-0.15, -0.1) is 0 Å². The van der Waals surface area contributed by atoms with Crippen LogP contribution in [0.2, 0.25) is 0 Å². The van der Waals surface area contributed by atoms with Crippen molar-refractivity contribution in [3.05, 3.63) is 48.7 Å². The Morgan fingerprint density at radius 3 is 2.79 bits per heavy atom. The van der Waals surface area contributed by atoms with Crippen molar-refractivity contribution >= 4 is 10.8 Å². The summed E-state index contributed by atoms with van der Waals surface area (Å²) in [5, 5.41) is 6.23. The fraction of sp³-hybridized carbons (Fsp3) is 0.188. The van der Waals surface area contributed by atoms with Crippen LogP contribution in [0.25, 0.3) is 21.9 Å². The van der Waals surface area contributed by atoms with Gasteiger partial charge in [-0.2, -0.15) is 0 Å². The molecule has 1 aromatic heterocycles. The Bertz CT molecular complexity index is 683. The predicted molar refractivity (Wildman–Crippen MR) is 75.2 cm³/mol. The SMILES string of the molecule is CCCOc1oncc1-c1cccc2ccccc12. The number of nitrogens with zero attached hydrogens (tertiary/aromatic N) is 1. The van der Waals surface area contributed by atoms with Crippen molar-refractivity contribution in [3.63, 3.8) is 0 Å². The highest BCUT2D eigenvalue weighted by Gasteiger charge is 2.13. The molecule has 1 heterocycles. The van der Waals surface area contributed by atoms with Gasteiger partial charge in [0.05, 0.1) is 18.4 Å². The molecule has 0 bridgehead atoms. The molecule has 3 heteroatoms. The lowest BCUT2D eigenvalue weighted by Crippen LogP contribution is -1.95. The largest absolute Gasteiger partial charge is 0.463 e. The second-order valence-corrected chi connectivity index (χ2v) is 4.40. The highest BCUT2D eigenvalue weighted by molar-refractivity contribution is 5.97. The Hall–Kier alpha value is -2.29. The molecule has 19 heavy (non-hydrogen) atoms. The van der Waals surface area contributed by atoms with Gasteiger partial charge in [0.15, 0.2) is 0 Å². The van der Waals surface area contributed by atoms with E-state index in [1.807, 2.05) is 18.2 Å². The molecule has 0 saturated carbocycles. The lowest BCUT2D eigenvalue weighted by molar-refractivity contribution is 0.215. The van der Waals surface area contributed by atoms with E-state index in [0.29, 0.717) is 12.6 Å². The second kappa shape index (κ2) is 5.14. The van der Waals surface area contributed by atoms with Crippen molar-refractivity contribution in [2.24, 2.45) is 0 Å². The highest BCUT2D eigenvalue weighted by atomic mass is 16.6. The third-order valence-electron chi connectivity index (χ3n) is 3.05. The molecule has 0 unspecified atom stereocenters. The Morgan fingerprint density at radius 2 is 1.89 bits per heavy atom. The van der Waals surface area contributed by atoms with Crippen molar-refractivity contribution in [2.75, 3.05) is 6.61 Å². The lowest BCUT2D eigenvalue weighted by atomic mass is 10.0. The lowest BCUT2D eigenvalue weighted by Gasteiger charge is -2.06. The summed E-state index contributed by atoms with van der Waals surface area (Å²) in [6.07, 6.45) is 2.66. The zero-order valence-corrected chi connectivity index (χ0v) is 10.8. The number of aromatic nitrogens is 1. The summed E-state index contributed by atoms with van der Waals surface area (Å²) in [7, 11) is 0. The number of ether oxygens (including phenoxy) is 1. The maximum absolute atomic E-state index is 5.60. The molecule has 2 aromatic carbocycles. The van der Waals surface area contributed by atoms with Crippen LogP contribution in [0.15, 0.2) is 53.2 Å². The predicted octanol–water partition coefficient (Wildman–Crippen LogP) is 4.28. The Kier molecular flexibility index (Phi) is 3.19. The summed E-state index contributed by atoms with van der Waals surface area (Å²) in [5.41, 5.74) is 2.00. The van der Waals surface area contributed by atoms with Crippen molar-refractivity contribution in [1.29, 1.82) is 0 Å². The van der Waals surface area contributed by atoms with Crippen LogP contribution in [0, 0.1) is 0 Å². The summed E-state index contributed by atoms with van der Waals surface area (Å²) < 4.78 is 10.8. The van der Waals surface area contributed by atoms with E-state index in [-0.39, 0.29) is 0 Å². The van der Waals surface area contributed by atoms with Crippen LogP contribution >= 0.6 is 0 Å². The maximum Gasteiger partial charge on any atom is 0.319 e. The molecule has 0 aliphatic carbocycles. The van der Waals surface area contributed by atoms with E-state index in [0.717, 1.165) is 17.5 Å².